The van der Waals surface area contributed by atoms with E-state index in [0.717, 1.165) is 23.4 Å². The molecular formula is C20H28N4O5. The first-order valence-electron chi connectivity index (χ1n) is 10.0. The van der Waals surface area contributed by atoms with Gasteiger partial charge in [0, 0.05) is 7.05 Å². The smallest absolute Gasteiger partial charge is 0.329 e. The van der Waals surface area contributed by atoms with Crippen LogP contribution < -0.4 is 5.32 Å². The second kappa shape index (κ2) is 7.96. The number of likely N-dealkylation sites (tertiary alicyclic amines) is 1. The lowest BCUT2D eigenvalue weighted by Gasteiger charge is -2.23. The van der Waals surface area contributed by atoms with Crippen LogP contribution in [0.1, 0.15) is 50.9 Å². The van der Waals surface area contributed by atoms with Gasteiger partial charge in [-0.3, -0.25) is 24.0 Å². The molecule has 29 heavy (non-hydrogen) atoms. The monoisotopic (exact) mass is 404 g/mol. The second-order valence-electron chi connectivity index (χ2n) is 7.96. The Bertz CT molecular complexity index is 837. The van der Waals surface area contributed by atoms with Crippen LogP contribution in [0.15, 0.2) is 0 Å². The second-order valence-corrected chi connectivity index (χ2v) is 7.96. The Morgan fingerprint density at radius 2 is 1.66 bits per heavy atom. The van der Waals surface area contributed by atoms with Crippen LogP contribution in [0.2, 0.25) is 0 Å². The summed E-state index contributed by atoms with van der Waals surface area (Å²) in [7, 11) is 1.77. The Kier molecular flexibility index (Phi) is 5.77. The lowest BCUT2D eigenvalue weighted by Crippen LogP contribution is -2.46. The van der Waals surface area contributed by atoms with Crippen LogP contribution in [-0.2, 0) is 31.0 Å². The first-order chi connectivity index (χ1) is 13.6. The molecule has 1 saturated heterocycles. The Labute approximate surface area is 169 Å². The number of ether oxygens (including phenoxy) is 1. The quantitative estimate of drug-likeness (QED) is 0.588. The molecule has 3 amide bonds. The Morgan fingerprint density at radius 1 is 1.10 bits per heavy atom. The first-order valence-corrected chi connectivity index (χ1v) is 10.0. The fraction of sp³-hybridized carbons (Fsp3) is 0.650. The van der Waals surface area contributed by atoms with Crippen LogP contribution in [0.25, 0.3) is 0 Å². The highest BCUT2D eigenvalue weighted by molar-refractivity contribution is 6.08. The van der Waals surface area contributed by atoms with Gasteiger partial charge in [-0.25, -0.2) is 4.79 Å². The normalized spacial score (nSPS) is 23.6. The highest BCUT2D eigenvalue weighted by atomic mass is 16.5. The van der Waals surface area contributed by atoms with E-state index in [1.54, 1.807) is 18.7 Å². The van der Waals surface area contributed by atoms with Crippen molar-refractivity contribution < 1.29 is 23.9 Å². The van der Waals surface area contributed by atoms with E-state index < -0.39 is 24.0 Å². The number of aromatic nitrogens is 2. The Hall–Kier alpha value is -2.71. The van der Waals surface area contributed by atoms with Gasteiger partial charge in [-0.2, -0.15) is 5.10 Å². The molecule has 158 valence electrons. The summed E-state index contributed by atoms with van der Waals surface area (Å²) in [6.45, 7) is 6.51. The number of hydrogen-bond donors (Lipinski definition) is 1. The van der Waals surface area contributed by atoms with Crippen molar-refractivity contribution in [2.24, 2.45) is 18.9 Å². The maximum atomic E-state index is 12.6. The van der Waals surface area contributed by atoms with E-state index in [-0.39, 0.29) is 23.7 Å². The summed E-state index contributed by atoms with van der Waals surface area (Å²) >= 11 is 0. The molecule has 0 spiro atoms. The van der Waals surface area contributed by atoms with Gasteiger partial charge in [-0.1, -0.05) is 12.8 Å². The molecule has 2 heterocycles. The van der Waals surface area contributed by atoms with E-state index >= 15 is 0 Å². The summed E-state index contributed by atoms with van der Waals surface area (Å²) in [5.74, 6) is -2.54. The number of hydrogen-bond acceptors (Lipinski definition) is 6. The van der Waals surface area contributed by atoms with Crippen molar-refractivity contribution in [3.05, 3.63) is 11.4 Å². The van der Waals surface area contributed by atoms with Crippen LogP contribution >= 0.6 is 0 Å². The molecule has 1 aromatic rings. The fourth-order valence-electron chi connectivity index (χ4n) is 4.18. The number of fused-ring (bicyclic) bond motifs is 1. The van der Waals surface area contributed by atoms with Crippen molar-refractivity contribution in [2.45, 2.75) is 65.5 Å². The standard InChI is InChI=1S/C20H28N4O5/c1-10-16(11(2)23(5)22-10)21-17(25)13(4)29-20(28)12(3)24-18(26)14-8-6-7-9-15(14)19(24)27/h12-15H,6-9H2,1-5H3,(H,21,25)/t12-,13-,14-,15+/m0/s1. The predicted octanol–water partition coefficient (Wildman–Crippen LogP) is 1.47. The van der Waals surface area contributed by atoms with Crippen molar-refractivity contribution in [1.82, 2.24) is 14.7 Å². The van der Waals surface area contributed by atoms with Crippen molar-refractivity contribution in [3.63, 3.8) is 0 Å². The minimum Gasteiger partial charge on any atom is -0.451 e. The number of aryl methyl sites for hydroxylation is 2. The molecule has 1 aliphatic heterocycles. The first kappa shape index (κ1) is 21.0. The van der Waals surface area contributed by atoms with Crippen molar-refractivity contribution in [2.75, 3.05) is 5.32 Å². The number of rotatable bonds is 5. The average Bonchev–Trinajstić information content (AvgIpc) is 3.08. The minimum absolute atomic E-state index is 0.303. The highest BCUT2D eigenvalue weighted by Gasteiger charge is 2.51. The van der Waals surface area contributed by atoms with Gasteiger partial charge in [0.1, 0.15) is 6.04 Å². The summed E-state index contributed by atoms with van der Waals surface area (Å²) < 4.78 is 6.92. The zero-order valence-corrected chi connectivity index (χ0v) is 17.5. The summed E-state index contributed by atoms with van der Waals surface area (Å²) in [5.41, 5.74) is 2.00. The maximum absolute atomic E-state index is 12.6. The fourth-order valence-corrected chi connectivity index (χ4v) is 4.18. The lowest BCUT2D eigenvalue weighted by atomic mass is 9.81. The van der Waals surface area contributed by atoms with Gasteiger partial charge in [-0.05, 0) is 40.5 Å². The summed E-state index contributed by atoms with van der Waals surface area (Å²) in [5, 5.41) is 6.95. The molecule has 3 rings (SSSR count). The van der Waals surface area contributed by atoms with Gasteiger partial charge < -0.3 is 10.1 Å². The van der Waals surface area contributed by atoms with Crippen molar-refractivity contribution in [3.8, 4) is 0 Å². The van der Waals surface area contributed by atoms with E-state index in [9.17, 15) is 19.2 Å². The molecule has 0 bridgehead atoms. The predicted molar refractivity (Wildman–Crippen MR) is 104 cm³/mol. The van der Waals surface area contributed by atoms with E-state index in [4.69, 9.17) is 4.74 Å². The Morgan fingerprint density at radius 3 is 2.14 bits per heavy atom. The molecule has 2 fully saturated rings. The van der Waals surface area contributed by atoms with E-state index in [0.29, 0.717) is 24.2 Å². The maximum Gasteiger partial charge on any atom is 0.329 e. The van der Waals surface area contributed by atoms with E-state index in [2.05, 4.69) is 10.4 Å². The van der Waals surface area contributed by atoms with Crippen molar-refractivity contribution in [1.29, 1.82) is 0 Å². The third-order valence-corrected chi connectivity index (χ3v) is 6.02. The number of imide groups is 1. The van der Waals surface area contributed by atoms with Gasteiger partial charge in [0.05, 0.1) is 28.9 Å². The van der Waals surface area contributed by atoms with Gasteiger partial charge >= 0.3 is 5.97 Å². The summed E-state index contributed by atoms with van der Waals surface area (Å²) in [6, 6.07) is -1.06. The van der Waals surface area contributed by atoms with Crippen LogP contribution in [-0.4, -0.2) is 50.5 Å². The zero-order chi connectivity index (χ0) is 21.5. The van der Waals surface area contributed by atoms with E-state index in [1.165, 1.54) is 13.8 Å². The summed E-state index contributed by atoms with van der Waals surface area (Å²) in [4.78, 5) is 51.4. The van der Waals surface area contributed by atoms with Crippen LogP contribution in [0.4, 0.5) is 5.69 Å². The zero-order valence-electron chi connectivity index (χ0n) is 17.5. The number of nitrogens with zero attached hydrogens (tertiary/aromatic N) is 3. The molecule has 0 unspecified atom stereocenters. The topological polar surface area (TPSA) is 111 Å². The van der Waals surface area contributed by atoms with Crippen molar-refractivity contribution >= 4 is 29.4 Å². The number of carbonyl (C=O) groups excluding carboxylic acids is 4. The van der Waals surface area contributed by atoms with Gasteiger partial charge in [0.2, 0.25) is 11.8 Å². The number of amides is 3. The Balaban J connectivity index is 1.63. The lowest BCUT2D eigenvalue weighted by molar-refractivity contribution is -0.163. The molecule has 1 N–H and O–H groups in total. The molecule has 1 aromatic heterocycles. The van der Waals surface area contributed by atoms with E-state index in [1.807, 2.05) is 6.92 Å². The van der Waals surface area contributed by atoms with Crippen LogP contribution in [0, 0.1) is 25.7 Å². The summed E-state index contributed by atoms with van der Waals surface area (Å²) in [6.07, 6.45) is 2.10. The number of carbonyl (C=O) groups is 4. The molecule has 0 aromatic carbocycles. The molecule has 9 nitrogen and oxygen atoms in total. The molecular weight excluding hydrogens is 376 g/mol. The van der Waals surface area contributed by atoms with Crippen LogP contribution in [0.3, 0.4) is 0 Å². The molecule has 1 saturated carbocycles. The molecule has 1 aliphatic carbocycles. The number of esters is 1. The largest absolute Gasteiger partial charge is 0.451 e. The minimum atomic E-state index is -1.08. The third kappa shape index (κ3) is 3.77. The molecule has 2 aliphatic rings. The number of anilines is 1. The molecule has 0 radical (unpaired) electrons. The van der Waals surface area contributed by atoms with Gasteiger partial charge in [-0.15, -0.1) is 0 Å². The van der Waals surface area contributed by atoms with Crippen LogP contribution in [0.5, 0.6) is 0 Å². The average molecular weight is 404 g/mol. The third-order valence-electron chi connectivity index (χ3n) is 6.02. The molecule has 4 atom stereocenters. The SMILES string of the molecule is Cc1nn(C)c(C)c1NC(=O)[C@H](C)OC(=O)[C@H](C)N1C(=O)[C@H]2CCCC[C@H]2C1=O. The van der Waals surface area contributed by atoms with Gasteiger partial charge in [0.15, 0.2) is 6.10 Å². The number of nitrogens with one attached hydrogen (secondary N) is 1. The molecule has 9 heteroatoms. The van der Waals surface area contributed by atoms with Gasteiger partial charge in [0.25, 0.3) is 5.91 Å². The highest BCUT2D eigenvalue weighted by Crippen LogP contribution is 2.39.